The Morgan fingerprint density at radius 1 is 1.33 bits per heavy atom. The lowest BCUT2D eigenvalue weighted by Crippen LogP contribution is -2.25. The van der Waals surface area contributed by atoms with Gasteiger partial charge in [-0.2, -0.15) is 0 Å². The van der Waals surface area contributed by atoms with Crippen molar-refractivity contribution in [1.82, 2.24) is 15.3 Å². The number of hydrogen-bond donors (Lipinski definition) is 2. The highest BCUT2D eigenvalue weighted by Crippen LogP contribution is 2.21. The molecule has 0 saturated heterocycles. The molecule has 0 spiro atoms. The maximum Gasteiger partial charge on any atom is 0.251 e. The fourth-order valence-electron chi connectivity index (χ4n) is 2.10. The number of carbonyl (C=O) groups excluding carboxylic acids is 1. The highest BCUT2D eigenvalue weighted by molar-refractivity contribution is 5.95. The molecule has 1 amide bonds. The second-order valence-electron chi connectivity index (χ2n) is 5.32. The third-order valence-electron chi connectivity index (χ3n) is 3.45. The summed E-state index contributed by atoms with van der Waals surface area (Å²) >= 11 is 0. The first-order chi connectivity index (χ1) is 10.2. The van der Waals surface area contributed by atoms with E-state index < -0.39 is 0 Å². The second-order valence-corrected chi connectivity index (χ2v) is 5.32. The first-order valence-electron chi connectivity index (χ1n) is 7.16. The van der Waals surface area contributed by atoms with Crippen LogP contribution in [-0.2, 0) is 0 Å². The molecule has 21 heavy (non-hydrogen) atoms. The van der Waals surface area contributed by atoms with Gasteiger partial charge in [-0.1, -0.05) is 6.07 Å². The van der Waals surface area contributed by atoms with Crippen LogP contribution in [0, 0.1) is 0 Å². The Balaban J connectivity index is 1.69. The molecular formula is C16H18N4O. The maximum absolute atomic E-state index is 12.0. The Kier molecular flexibility index (Phi) is 3.81. The molecule has 1 unspecified atom stereocenters. The van der Waals surface area contributed by atoms with Gasteiger partial charge in [0, 0.05) is 29.7 Å². The summed E-state index contributed by atoms with van der Waals surface area (Å²) in [4.78, 5) is 20.4. The third kappa shape index (κ3) is 3.56. The van der Waals surface area contributed by atoms with Crippen LogP contribution < -0.4 is 10.6 Å². The van der Waals surface area contributed by atoms with Crippen LogP contribution in [0.3, 0.4) is 0 Å². The van der Waals surface area contributed by atoms with Gasteiger partial charge in [-0.05, 0) is 38.0 Å². The van der Waals surface area contributed by atoms with Crippen LogP contribution in [-0.4, -0.2) is 21.9 Å². The zero-order valence-electron chi connectivity index (χ0n) is 11.9. The Labute approximate surface area is 123 Å². The topological polar surface area (TPSA) is 66.9 Å². The molecule has 1 atom stereocenters. The van der Waals surface area contributed by atoms with Crippen LogP contribution in [0.4, 0.5) is 5.69 Å². The Hall–Kier alpha value is -2.43. The van der Waals surface area contributed by atoms with Crippen molar-refractivity contribution in [3.05, 3.63) is 54.1 Å². The van der Waals surface area contributed by atoms with E-state index in [1.165, 1.54) is 0 Å². The lowest BCUT2D eigenvalue weighted by molar-refractivity contribution is 0.0951. The summed E-state index contributed by atoms with van der Waals surface area (Å²) in [6.45, 7) is 2.01. The first kappa shape index (κ1) is 13.5. The molecule has 1 aliphatic carbocycles. The number of nitrogens with zero attached hydrogens (tertiary/aromatic N) is 2. The summed E-state index contributed by atoms with van der Waals surface area (Å²) in [5.41, 5.74) is 2.44. The van der Waals surface area contributed by atoms with Gasteiger partial charge in [-0.3, -0.25) is 14.8 Å². The smallest absolute Gasteiger partial charge is 0.251 e. The average molecular weight is 282 g/mol. The van der Waals surface area contributed by atoms with Crippen molar-refractivity contribution in [2.24, 2.45) is 0 Å². The van der Waals surface area contributed by atoms with E-state index >= 15 is 0 Å². The largest absolute Gasteiger partial charge is 0.377 e. The van der Waals surface area contributed by atoms with Gasteiger partial charge in [0.05, 0.1) is 17.9 Å². The minimum Gasteiger partial charge on any atom is -0.377 e. The maximum atomic E-state index is 12.0. The number of hydrogen-bond acceptors (Lipinski definition) is 4. The molecule has 2 N–H and O–H groups in total. The number of amides is 1. The lowest BCUT2D eigenvalue weighted by Gasteiger charge is -2.15. The summed E-state index contributed by atoms with van der Waals surface area (Å²) in [5.74, 6) is -0.00620. The van der Waals surface area contributed by atoms with Crippen LogP contribution in [0.25, 0.3) is 0 Å². The van der Waals surface area contributed by atoms with Gasteiger partial charge in [0.2, 0.25) is 0 Å². The summed E-state index contributed by atoms with van der Waals surface area (Å²) < 4.78 is 0. The Morgan fingerprint density at radius 3 is 2.90 bits per heavy atom. The van der Waals surface area contributed by atoms with E-state index in [-0.39, 0.29) is 11.9 Å². The van der Waals surface area contributed by atoms with Crippen molar-refractivity contribution < 1.29 is 4.79 Å². The quantitative estimate of drug-likeness (QED) is 0.884. The molecular weight excluding hydrogens is 264 g/mol. The van der Waals surface area contributed by atoms with E-state index in [4.69, 9.17) is 0 Å². The van der Waals surface area contributed by atoms with Crippen molar-refractivity contribution in [1.29, 1.82) is 0 Å². The summed E-state index contributed by atoms with van der Waals surface area (Å²) in [7, 11) is 0. The van der Waals surface area contributed by atoms with E-state index in [9.17, 15) is 4.79 Å². The normalized spacial score (nSPS) is 15.3. The van der Waals surface area contributed by atoms with Gasteiger partial charge in [-0.25, -0.2) is 0 Å². The number of rotatable bonds is 5. The molecule has 5 heteroatoms. The minimum atomic E-state index is -0.00620. The zero-order valence-corrected chi connectivity index (χ0v) is 11.9. The number of anilines is 1. The SMILES string of the molecule is CC(Nc1cccc(C(=O)NC2CC2)c1)c1cnccn1. The van der Waals surface area contributed by atoms with E-state index in [1.807, 2.05) is 31.2 Å². The van der Waals surface area contributed by atoms with Crippen molar-refractivity contribution in [3.63, 3.8) is 0 Å². The molecule has 3 rings (SSSR count). The fraction of sp³-hybridized carbons (Fsp3) is 0.312. The molecule has 1 aromatic carbocycles. The van der Waals surface area contributed by atoms with E-state index in [1.54, 1.807) is 18.6 Å². The highest BCUT2D eigenvalue weighted by Gasteiger charge is 2.23. The Bertz CT molecular complexity index is 625. The molecule has 2 aromatic rings. The van der Waals surface area contributed by atoms with Crippen molar-refractivity contribution in [2.75, 3.05) is 5.32 Å². The fourth-order valence-corrected chi connectivity index (χ4v) is 2.10. The number of carbonyl (C=O) groups is 1. The summed E-state index contributed by atoms with van der Waals surface area (Å²) in [5, 5.41) is 6.33. The minimum absolute atomic E-state index is 0.00620. The average Bonchev–Trinajstić information content (AvgIpc) is 3.32. The predicted octanol–water partition coefficient (Wildman–Crippen LogP) is 2.54. The number of aromatic nitrogens is 2. The molecule has 108 valence electrons. The van der Waals surface area contributed by atoms with Crippen LogP contribution in [0.1, 0.15) is 41.9 Å². The molecule has 1 aromatic heterocycles. The van der Waals surface area contributed by atoms with Gasteiger partial charge in [-0.15, -0.1) is 0 Å². The highest BCUT2D eigenvalue weighted by atomic mass is 16.1. The molecule has 5 nitrogen and oxygen atoms in total. The van der Waals surface area contributed by atoms with Gasteiger partial charge < -0.3 is 10.6 Å². The molecule has 1 heterocycles. The predicted molar refractivity (Wildman–Crippen MR) is 81.0 cm³/mol. The van der Waals surface area contributed by atoms with Crippen molar-refractivity contribution in [3.8, 4) is 0 Å². The second kappa shape index (κ2) is 5.91. The summed E-state index contributed by atoms with van der Waals surface area (Å²) in [6, 6.07) is 7.92. The van der Waals surface area contributed by atoms with Crippen LogP contribution in [0.5, 0.6) is 0 Å². The first-order valence-corrected chi connectivity index (χ1v) is 7.16. The lowest BCUT2D eigenvalue weighted by atomic mass is 10.1. The standard InChI is InChI=1S/C16H18N4O/c1-11(15-10-17-7-8-18-15)19-14-4-2-3-12(9-14)16(21)20-13-5-6-13/h2-4,7-11,13,19H,5-6H2,1H3,(H,20,21). The monoisotopic (exact) mass is 282 g/mol. The van der Waals surface area contributed by atoms with E-state index in [2.05, 4.69) is 20.6 Å². The third-order valence-corrected chi connectivity index (χ3v) is 3.45. The summed E-state index contributed by atoms with van der Waals surface area (Å²) in [6.07, 6.45) is 7.24. The molecule has 1 aliphatic rings. The number of nitrogens with one attached hydrogen (secondary N) is 2. The van der Waals surface area contributed by atoms with Gasteiger partial charge in [0.25, 0.3) is 5.91 Å². The Morgan fingerprint density at radius 2 is 2.19 bits per heavy atom. The molecule has 0 bridgehead atoms. The van der Waals surface area contributed by atoms with Crippen LogP contribution in [0.15, 0.2) is 42.9 Å². The molecule has 0 radical (unpaired) electrons. The van der Waals surface area contributed by atoms with E-state index in [0.717, 1.165) is 24.2 Å². The van der Waals surface area contributed by atoms with Crippen molar-refractivity contribution >= 4 is 11.6 Å². The van der Waals surface area contributed by atoms with Gasteiger partial charge in [0.1, 0.15) is 0 Å². The number of benzene rings is 1. The van der Waals surface area contributed by atoms with Crippen LogP contribution in [0.2, 0.25) is 0 Å². The zero-order chi connectivity index (χ0) is 14.7. The van der Waals surface area contributed by atoms with Gasteiger partial charge in [0.15, 0.2) is 0 Å². The van der Waals surface area contributed by atoms with Gasteiger partial charge >= 0.3 is 0 Å². The van der Waals surface area contributed by atoms with E-state index in [0.29, 0.717) is 11.6 Å². The molecule has 1 fully saturated rings. The van der Waals surface area contributed by atoms with Crippen LogP contribution >= 0.6 is 0 Å². The molecule has 0 aliphatic heterocycles. The molecule has 1 saturated carbocycles. The van der Waals surface area contributed by atoms with Crippen molar-refractivity contribution in [2.45, 2.75) is 31.8 Å².